The molecular weight excluding hydrogens is 360 g/mol. The molecule has 2 rings (SSSR count). The average Bonchev–Trinajstić information content (AvgIpc) is 2.46. The monoisotopic (exact) mass is 374 g/mol. The van der Waals surface area contributed by atoms with Crippen LogP contribution in [0.2, 0.25) is 0 Å². The molecule has 0 amide bonds. The highest BCUT2D eigenvalue weighted by Gasteiger charge is 2.33. The molecule has 20 heavy (non-hydrogen) atoms. The first kappa shape index (κ1) is 15.7. The van der Waals surface area contributed by atoms with Crippen LogP contribution in [0, 0.1) is 11.3 Å². The van der Waals surface area contributed by atoms with Gasteiger partial charge in [-0.1, -0.05) is 22.9 Å². The zero-order valence-electron chi connectivity index (χ0n) is 11.0. The van der Waals surface area contributed by atoms with E-state index in [0.717, 1.165) is 15.9 Å². The maximum atomic E-state index is 12.2. The SMILES string of the molecule is CCS(=O)(=O)C1CSCCN1c1cc(Br)cc(C#N)c1. The van der Waals surface area contributed by atoms with Crippen LogP contribution in [0.4, 0.5) is 5.69 Å². The molecule has 0 spiro atoms. The highest BCUT2D eigenvalue weighted by atomic mass is 79.9. The number of anilines is 1. The number of hydrogen-bond acceptors (Lipinski definition) is 5. The second-order valence-corrected chi connectivity index (χ2v) is 9.00. The quantitative estimate of drug-likeness (QED) is 0.813. The summed E-state index contributed by atoms with van der Waals surface area (Å²) in [7, 11) is -3.14. The number of benzene rings is 1. The molecule has 108 valence electrons. The minimum Gasteiger partial charge on any atom is -0.353 e. The van der Waals surface area contributed by atoms with E-state index < -0.39 is 15.2 Å². The van der Waals surface area contributed by atoms with Gasteiger partial charge >= 0.3 is 0 Å². The summed E-state index contributed by atoms with van der Waals surface area (Å²) in [6.07, 6.45) is 0. The summed E-state index contributed by atoms with van der Waals surface area (Å²) in [6, 6.07) is 7.45. The van der Waals surface area contributed by atoms with E-state index in [0.29, 0.717) is 17.9 Å². The summed E-state index contributed by atoms with van der Waals surface area (Å²) >= 11 is 5.04. The number of halogens is 1. The number of sulfone groups is 1. The summed E-state index contributed by atoms with van der Waals surface area (Å²) in [4.78, 5) is 1.90. The average molecular weight is 375 g/mol. The fourth-order valence-electron chi connectivity index (χ4n) is 2.17. The van der Waals surface area contributed by atoms with Crippen LogP contribution in [-0.2, 0) is 9.84 Å². The fourth-order valence-corrected chi connectivity index (χ4v) is 5.64. The largest absolute Gasteiger partial charge is 0.353 e. The molecule has 1 saturated heterocycles. The van der Waals surface area contributed by atoms with E-state index in [4.69, 9.17) is 5.26 Å². The van der Waals surface area contributed by atoms with Crippen LogP contribution in [0.1, 0.15) is 12.5 Å². The van der Waals surface area contributed by atoms with Gasteiger partial charge in [0.15, 0.2) is 9.84 Å². The number of rotatable bonds is 3. The van der Waals surface area contributed by atoms with Crippen LogP contribution in [0.15, 0.2) is 22.7 Å². The Morgan fingerprint density at radius 3 is 2.90 bits per heavy atom. The third-order valence-electron chi connectivity index (χ3n) is 3.24. The van der Waals surface area contributed by atoms with Crippen molar-refractivity contribution in [3.63, 3.8) is 0 Å². The number of nitrogens with zero attached hydrogens (tertiary/aromatic N) is 2. The van der Waals surface area contributed by atoms with Crippen LogP contribution in [0.5, 0.6) is 0 Å². The highest BCUT2D eigenvalue weighted by molar-refractivity contribution is 9.10. The molecule has 1 heterocycles. The van der Waals surface area contributed by atoms with Gasteiger partial charge in [0.05, 0.1) is 11.6 Å². The number of thioether (sulfide) groups is 1. The van der Waals surface area contributed by atoms with Crippen molar-refractivity contribution >= 4 is 43.2 Å². The predicted molar refractivity (Wildman–Crippen MR) is 86.8 cm³/mol. The van der Waals surface area contributed by atoms with Crippen molar-refractivity contribution in [3.05, 3.63) is 28.2 Å². The molecule has 1 aliphatic rings. The summed E-state index contributed by atoms with van der Waals surface area (Å²) in [5.74, 6) is 1.60. The second-order valence-electron chi connectivity index (χ2n) is 4.48. The van der Waals surface area contributed by atoms with E-state index in [2.05, 4.69) is 22.0 Å². The summed E-state index contributed by atoms with van der Waals surface area (Å²) in [5, 5.41) is 8.54. The smallest absolute Gasteiger partial charge is 0.171 e. The van der Waals surface area contributed by atoms with Gasteiger partial charge in [0.25, 0.3) is 0 Å². The van der Waals surface area contributed by atoms with Crippen molar-refractivity contribution in [2.24, 2.45) is 0 Å². The zero-order valence-corrected chi connectivity index (χ0v) is 14.3. The van der Waals surface area contributed by atoms with Crippen molar-refractivity contribution in [2.75, 3.05) is 28.7 Å². The van der Waals surface area contributed by atoms with E-state index in [9.17, 15) is 8.42 Å². The molecule has 0 saturated carbocycles. The number of hydrogen-bond donors (Lipinski definition) is 0. The zero-order chi connectivity index (χ0) is 14.8. The van der Waals surface area contributed by atoms with Gasteiger partial charge < -0.3 is 4.90 Å². The highest BCUT2D eigenvalue weighted by Crippen LogP contribution is 2.30. The van der Waals surface area contributed by atoms with Gasteiger partial charge in [-0.25, -0.2) is 8.42 Å². The first-order valence-corrected chi connectivity index (χ1v) is 9.91. The fraction of sp³-hybridized carbons (Fsp3) is 0.462. The van der Waals surface area contributed by atoms with E-state index in [1.54, 1.807) is 30.8 Å². The third-order valence-corrected chi connectivity index (χ3v) is 6.99. The lowest BCUT2D eigenvalue weighted by Crippen LogP contribution is -2.48. The molecule has 4 nitrogen and oxygen atoms in total. The molecule has 0 radical (unpaired) electrons. The van der Waals surface area contributed by atoms with Gasteiger partial charge in [-0.15, -0.1) is 0 Å². The first-order chi connectivity index (χ1) is 9.47. The van der Waals surface area contributed by atoms with E-state index >= 15 is 0 Å². The Morgan fingerprint density at radius 2 is 2.25 bits per heavy atom. The molecule has 7 heteroatoms. The van der Waals surface area contributed by atoms with E-state index in [1.807, 2.05) is 11.0 Å². The summed E-state index contributed by atoms with van der Waals surface area (Å²) in [5.41, 5.74) is 1.32. The minimum atomic E-state index is -3.14. The van der Waals surface area contributed by atoms with Crippen LogP contribution in [0.25, 0.3) is 0 Å². The molecule has 1 unspecified atom stereocenters. The molecule has 1 aliphatic heterocycles. The van der Waals surface area contributed by atoms with Gasteiger partial charge in [0.2, 0.25) is 0 Å². The summed E-state index contributed by atoms with van der Waals surface area (Å²) < 4.78 is 25.3. The normalized spacial score (nSPS) is 19.6. The lowest BCUT2D eigenvalue weighted by Gasteiger charge is -2.36. The molecule has 0 bridgehead atoms. The Morgan fingerprint density at radius 1 is 1.50 bits per heavy atom. The van der Waals surface area contributed by atoms with Gasteiger partial charge in [-0.2, -0.15) is 17.0 Å². The van der Waals surface area contributed by atoms with Crippen LogP contribution >= 0.6 is 27.7 Å². The van der Waals surface area contributed by atoms with Gasteiger partial charge in [-0.3, -0.25) is 0 Å². The predicted octanol–water partition coefficient (Wildman–Crippen LogP) is 2.63. The molecule has 1 aromatic rings. The lowest BCUT2D eigenvalue weighted by atomic mass is 10.2. The molecule has 1 fully saturated rings. The van der Waals surface area contributed by atoms with E-state index in [1.165, 1.54) is 0 Å². The van der Waals surface area contributed by atoms with Crippen LogP contribution < -0.4 is 4.90 Å². The Kier molecular flexibility index (Phi) is 4.99. The minimum absolute atomic E-state index is 0.133. The topological polar surface area (TPSA) is 61.2 Å². The second kappa shape index (κ2) is 6.37. The molecule has 0 aliphatic carbocycles. The Labute approximate surface area is 132 Å². The Bertz CT molecular complexity index is 640. The van der Waals surface area contributed by atoms with Crippen molar-refractivity contribution in [3.8, 4) is 6.07 Å². The molecule has 1 atom stereocenters. The molecule has 0 aromatic heterocycles. The maximum Gasteiger partial charge on any atom is 0.171 e. The third kappa shape index (κ3) is 3.30. The van der Waals surface area contributed by atoms with Gasteiger partial charge in [0, 0.05) is 34.0 Å². The molecular formula is C13H15BrN2O2S2. The standard InChI is InChI=1S/C13H15BrN2O2S2/c1-2-20(17,18)13-9-19-4-3-16(13)12-6-10(8-15)5-11(14)7-12/h5-7,13H,2-4,9H2,1H3. The molecule has 0 N–H and O–H groups in total. The van der Waals surface area contributed by atoms with E-state index in [-0.39, 0.29) is 5.75 Å². The Hall–Kier alpha value is -0.710. The maximum absolute atomic E-state index is 12.2. The van der Waals surface area contributed by atoms with Crippen molar-refractivity contribution in [1.82, 2.24) is 0 Å². The summed E-state index contributed by atoms with van der Waals surface area (Å²) in [6.45, 7) is 2.35. The number of nitriles is 1. The van der Waals surface area contributed by atoms with Crippen molar-refractivity contribution < 1.29 is 8.42 Å². The van der Waals surface area contributed by atoms with Gasteiger partial charge in [0.1, 0.15) is 5.37 Å². The van der Waals surface area contributed by atoms with Crippen molar-refractivity contribution in [2.45, 2.75) is 12.3 Å². The van der Waals surface area contributed by atoms with Crippen LogP contribution in [-0.4, -0.2) is 37.6 Å². The molecule has 1 aromatic carbocycles. The Balaban J connectivity index is 2.43. The van der Waals surface area contributed by atoms with Crippen molar-refractivity contribution in [1.29, 1.82) is 5.26 Å². The first-order valence-electron chi connectivity index (χ1n) is 6.24. The van der Waals surface area contributed by atoms with Crippen LogP contribution in [0.3, 0.4) is 0 Å². The van der Waals surface area contributed by atoms with Gasteiger partial charge in [-0.05, 0) is 18.2 Å². The lowest BCUT2D eigenvalue weighted by molar-refractivity contribution is 0.579.